The Labute approximate surface area is 128 Å². The minimum Gasteiger partial charge on any atom is -0.381 e. The predicted molar refractivity (Wildman–Crippen MR) is 81.7 cm³/mol. The highest BCUT2D eigenvalue weighted by molar-refractivity contribution is 7.89. The molecular weight excluding hydrogens is 292 g/mol. The van der Waals surface area contributed by atoms with Crippen LogP contribution >= 0.6 is 0 Å². The highest BCUT2D eigenvalue weighted by Crippen LogP contribution is 2.14. The third-order valence-corrected chi connectivity index (χ3v) is 5.37. The summed E-state index contributed by atoms with van der Waals surface area (Å²) in [5.41, 5.74) is 0. The zero-order chi connectivity index (χ0) is 15.3. The average Bonchev–Trinajstić information content (AvgIpc) is 2.88. The molecule has 0 aromatic heterocycles. The van der Waals surface area contributed by atoms with Gasteiger partial charge in [-0.05, 0) is 18.3 Å². The van der Waals surface area contributed by atoms with Gasteiger partial charge in [0.05, 0.1) is 25.1 Å². The number of morpholine rings is 1. The third kappa shape index (κ3) is 6.20. The molecule has 2 fully saturated rings. The standard InChI is InChI=1S/C14H28N2O4S/c1-12(2)8-16-4-6-20-14(9-16)7-15-21(17,18)11-13-3-5-19-10-13/h12-15H,3-11H2,1-2H3. The molecule has 2 unspecified atom stereocenters. The first-order chi connectivity index (χ1) is 9.94. The van der Waals surface area contributed by atoms with E-state index in [0.29, 0.717) is 32.3 Å². The van der Waals surface area contributed by atoms with Gasteiger partial charge in [0, 0.05) is 32.8 Å². The monoisotopic (exact) mass is 320 g/mol. The smallest absolute Gasteiger partial charge is 0.212 e. The Kier molecular flexibility index (Phi) is 6.43. The fourth-order valence-corrected chi connectivity index (χ4v) is 4.33. The van der Waals surface area contributed by atoms with Crippen LogP contribution in [0.2, 0.25) is 0 Å². The van der Waals surface area contributed by atoms with E-state index in [-0.39, 0.29) is 17.8 Å². The Hall–Kier alpha value is -0.210. The maximum atomic E-state index is 12.1. The van der Waals surface area contributed by atoms with Gasteiger partial charge in [-0.25, -0.2) is 13.1 Å². The first kappa shape index (κ1) is 17.1. The SMILES string of the molecule is CC(C)CN1CCOC(CNS(=O)(=O)CC2CCOC2)C1. The second-order valence-corrected chi connectivity index (χ2v) is 8.36. The molecule has 0 aromatic rings. The van der Waals surface area contributed by atoms with Crippen LogP contribution in [-0.4, -0.2) is 71.2 Å². The normalized spacial score (nSPS) is 28.3. The number of nitrogens with zero attached hydrogens (tertiary/aromatic N) is 1. The van der Waals surface area contributed by atoms with E-state index in [1.807, 2.05) is 0 Å². The molecule has 21 heavy (non-hydrogen) atoms. The molecule has 124 valence electrons. The number of rotatable bonds is 7. The minimum absolute atomic E-state index is 0.0490. The van der Waals surface area contributed by atoms with Crippen molar-refractivity contribution in [1.82, 2.24) is 9.62 Å². The van der Waals surface area contributed by atoms with Crippen molar-refractivity contribution in [3.8, 4) is 0 Å². The summed E-state index contributed by atoms with van der Waals surface area (Å²) in [5, 5.41) is 0. The first-order valence-corrected chi connectivity index (χ1v) is 9.49. The summed E-state index contributed by atoms with van der Waals surface area (Å²) < 4.78 is 37.7. The second kappa shape index (κ2) is 7.87. The molecule has 2 atom stereocenters. The van der Waals surface area contributed by atoms with Crippen LogP contribution in [-0.2, 0) is 19.5 Å². The summed E-state index contributed by atoms with van der Waals surface area (Å²) in [6.07, 6.45) is 0.787. The number of nitrogens with one attached hydrogen (secondary N) is 1. The van der Waals surface area contributed by atoms with E-state index in [1.165, 1.54) is 0 Å². The quantitative estimate of drug-likeness (QED) is 0.731. The molecule has 0 amide bonds. The van der Waals surface area contributed by atoms with Crippen molar-refractivity contribution in [2.45, 2.75) is 26.4 Å². The molecule has 0 bridgehead atoms. The highest BCUT2D eigenvalue weighted by atomic mass is 32.2. The number of sulfonamides is 1. The minimum atomic E-state index is -3.23. The Morgan fingerprint density at radius 3 is 2.81 bits per heavy atom. The summed E-state index contributed by atoms with van der Waals surface area (Å²) in [6, 6.07) is 0. The van der Waals surface area contributed by atoms with Gasteiger partial charge >= 0.3 is 0 Å². The average molecular weight is 320 g/mol. The van der Waals surface area contributed by atoms with Crippen molar-refractivity contribution in [3.63, 3.8) is 0 Å². The van der Waals surface area contributed by atoms with Crippen LogP contribution < -0.4 is 4.72 Å². The summed E-state index contributed by atoms with van der Waals surface area (Å²) in [6.45, 7) is 9.42. The van der Waals surface area contributed by atoms with Gasteiger partial charge in [-0.1, -0.05) is 13.8 Å². The van der Waals surface area contributed by atoms with Gasteiger partial charge in [0.1, 0.15) is 0 Å². The van der Waals surface area contributed by atoms with Gasteiger partial charge < -0.3 is 9.47 Å². The molecule has 0 aromatic carbocycles. The van der Waals surface area contributed by atoms with Crippen LogP contribution in [0.1, 0.15) is 20.3 Å². The zero-order valence-electron chi connectivity index (χ0n) is 13.1. The molecule has 6 nitrogen and oxygen atoms in total. The summed E-state index contributed by atoms with van der Waals surface area (Å²) >= 11 is 0. The number of hydrogen-bond acceptors (Lipinski definition) is 5. The predicted octanol–water partition coefficient (Wildman–Crippen LogP) is 0.299. The van der Waals surface area contributed by atoms with E-state index in [0.717, 1.165) is 26.1 Å². The lowest BCUT2D eigenvalue weighted by Gasteiger charge is -2.34. The lowest BCUT2D eigenvalue weighted by atomic mass is 10.2. The lowest BCUT2D eigenvalue weighted by Crippen LogP contribution is -2.48. The van der Waals surface area contributed by atoms with Crippen LogP contribution in [0.5, 0.6) is 0 Å². The Morgan fingerprint density at radius 1 is 1.33 bits per heavy atom. The topological polar surface area (TPSA) is 67.9 Å². The van der Waals surface area contributed by atoms with Crippen LogP contribution in [0.3, 0.4) is 0 Å². The molecule has 2 saturated heterocycles. The van der Waals surface area contributed by atoms with Crippen LogP contribution in [0.15, 0.2) is 0 Å². The fraction of sp³-hybridized carbons (Fsp3) is 1.00. The van der Waals surface area contributed by atoms with Crippen molar-refractivity contribution in [1.29, 1.82) is 0 Å². The molecule has 0 spiro atoms. The van der Waals surface area contributed by atoms with Crippen molar-refractivity contribution in [2.24, 2.45) is 11.8 Å². The Morgan fingerprint density at radius 2 is 2.14 bits per heavy atom. The van der Waals surface area contributed by atoms with Crippen molar-refractivity contribution < 1.29 is 17.9 Å². The molecule has 7 heteroatoms. The number of hydrogen-bond donors (Lipinski definition) is 1. The van der Waals surface area contributed by atoms with E-state index in [2.05, 4.69) is 23.5 Å². The molecule has 2 rings (SSSR count). The number of ether oxygens (including phenoxy) is 2. The van der Waals surface area contributed by atoms with Crippen molar-refractivity contribution >= 4 is 10.0 Å². The lowest BCUT2D eigenvalue weighted by molar-refractivity contribution is -0.0280. The van der Waals surface area contributed by atoms with Gasteiger partial charge in [0.25, 0.3) is 0 Å². The first-order valence-electron chi connectivity index (χ1n) is 7.83. The van der Waals surface area contributed by atoms with Crippen LogP contribution in [0.25, 0.3) is 0 Å². The molecule has 0 radical (unpaired) electrons. The summed E-state index contributed by atoms with van der Waals surface area (Å²) in [5.74, 6) is 0.908. The van der Waals surface area contributed by atoms with Gasteiger partial charge in [-0.2, -0.15) is 0 Å². The zero-order valence-corrected chi connectivity index (χ0v) is 13.9. The second-order valence-electron chi connectivity index (χ2n) is 6.51. The largest absolute Gasteiger partial charge is 0.381 e. The summed E-state index contributed by atoms with van der Waals surface area (Å²) in [4.78, 5) is 2.35. The molecule has 2 heterocycles. The molecular formula is C14H28N2O4S. The van der Waals surface area contributed by atoms with E-state index in [4.69, 9.17) is 9.47 Å². The molecule has 2 aliphatic heterocycles. The van der Waals surface area contributed by atoms with Gasteiger partial charge in [0.15, 0.2) is 0 Å². The Balaban J connectivity index is 1.73. The van der Waals surface area contributed by atoms with Crippen LogP contribution in [0, 0.1) is 11.8 Å². The molecule has 0 aliphatic carbocycles. The fourth-order valence-electron chi connectivity index (χ4n) is 2.89. The maximum absolute atomic E-state index is 12.1. The van der Waals surface area contributed by atoms with E-state index in [1.54, 1.807) is 0 Å². The Bertz CT molecular complexity index is 407. The summed E-state index contributed by atoms with van der Waals surface area (Å²) in [7, 11) is -3.23. The van der Waals surface area contributed by atoms with Gasteiger partial charge in [-0.15, -0.1) is 0 Å². The van der Waals surface area contributed by atoms with Gasteiger partial charge in [-0.3, -0.25) is 4.90 Å². The van der Waals surface area contributed by atoms with Crippen molar-refractivity contribution in [3.05, 3.63) is 0 Å². The van der Waals surface area contributed by atoms with E-state index < -0.39 is 10.0 Å². The van der Waals surface area contributed by atoms with E-state index >= 15 is 0 Å². The molecule has 0 saturated carbocycles. The van der Waals surface area contributed by atoms with Crippen molar-refractivity contribution in [2.75, 3.05) is 51.8 Å². The highest BCUT2D eigenvalue weighted by Gasteiger charge is 2.26. The van der Waals surface area contributed by atoms with Crippen LogP contribution in [0.4, 0.5) is 0 Å². The van der Waals surface area contributed by atoms with E-state index in [9.17, 15) is 8.42 Å². The molecule has 1 N–H and O–H groups in total. The third-order valence-electron chi connectivity index (χ3n) is 3.86. The molecule has 2 aliphatic rings. The maximum Gasteiger partial charge on any atom is 0.212 e. The van der Waals surface area contributed by atoms with Gasteiger partial charge in [0.2, 0.25) is 10.0 Å².